The van der Waals surface area contributed by atoms with Crippen molar-refractivity contribution in [3.05, 3.63) is 0 Å². The molecule has 2 aliphatic heterocycles. The Kier molecular flexibility index (Phi) is 3.11. The highest BCUT2D eigenvalue weighted by molar-refractivity contribution is 5.83. The molecule has 2 nitrogen and oxygen atoms in total. The molecule has 0 aromatic heterocycles. The zero-order chi connectivity index (χ0) is 10.8. The van der Waals surface area contributed by atoms with E-state index < -0.39 is 0 Å². The van der Waals surface area contributed by atoms with E-state index in [1.165, 1.54) is 19.3 Å². The molecule has 0 amide bonds. The van der Waals surface area contributed by atoms with E-state index in [4.69, 9.17) is 6.42 Å². The number of ketones is 1. The fourth-order valence-corrected chi connectivity index (χ4v) is 3.12. The standard InChI is InChI=1S/C13H19NO/c1-3-5-13(15)10-8-11-6-4-7-12(9-10)14(11)2/h1,10-12H,4-9H2,2H3. The van der Waals surface area contributed by atoms with Crippen LogP contribution in [0.25, 0.3) is 0 Å². The molecule has 15 heavy (non-hydrogen) atoms. The van der Waals surface area contributed by atoms with E-state index in [9.17, 15) is 4.79 Å². The number of carbonyl (C=O) groups is 1. The number of fused-ring (bicyclic) bond motifs is 2. The highest BCUT2D eigenvalue weighted by atomic mass is 16.1. The van der Waals surface area contributed by atoms with E-state index in [1.807, 2.05) is 0 Å². The summed E-state index contributed by atoms with van der Waals surface area (Å²) in [4.78, 5) is 14.3. The maximum absolute atomic E-state index is 11.8. The van der Waals surface area contributed by atoms with Crippen molar-refractivity contribution in [3.8, 4) is 12.3 Å². The van der Waals surface area contributed by atoms with E-state index in [0.29, 0.717) is 24.3 Å². The molecular weight excluding hydrogens is 186 g/mol. The summed E-state index contributed by atoms with van der Waals surface area (Å²) in [6, 6.07) is 1.26. The second-order valence-corrected chi connectivity index (χ2v) is 4.92. The van der Waals surface area contributed by atoms with Gasteiger partial charge in [0.25, 0.3) is 0 Å². The first-order valence-electron chi connectivity index (χ1n) is 5.90. The van der Waals surface area contributed by atoms with Crippen LogP contribution in [-0.2, 0) is 4.79 Å². The third-order valence-electron chi connectivity index (χ3n) is 4.07. The van der Waals surface area contributed by atoms with Crippen LogP contribution >= 0.6 is 0 Å². The molecule has 0 aliphatic carbocycles. The Balaban J connectivity index is 2.01. The average Bonchev–Trinajstić information content (AvgIpc) is 2.17. The monoisotopic (exact) mass is 205 g/mol. The Morgan fingerprint density at radius 3 is 2.53 bits per heavy atom. The highest BCUT2D eigenvalue weighted by Crippen LogP contribution is 2.36. The van der Waals surface area contributed by atoms with Crippen LogP contribution in [0, 0.1) is 18.3 Å². The zero-order valence-corrected chi connectivity index (χ0v) is 9.41. The van der Waals surface area contributed by atoms with Gasteiger partial charge in [-0.1, -0.05) is 12.3 Å². The Morgan fingerprint density at radius 2 is 2.00 bits per heavy atom. The van der Waals surface area contributed by atoms with Gasteiger partial charge in [-0.3, -0.25) is 4.79 Å². The van der Waals surface area contributed by atoms with E-state index in [2.05, 4.69) is 17.9 Å². The van der Waals surface area contributed by atoms with Crippen LogP contribution in [0.2, 0.25) is 0 Å². The van der Waals surface area contributed by atoms with Crippen molar-refractivity contribution in [1.82, 2.24) is 4.90 Å². The van der Waals surface area contributed by atoms with Crippen molar-refractivity contribution >= 4 is 5.78 Å². The first-order valence-corrected chi connectivity index (χ1v) is 5.90. The number of piperidine rings is 2. The summed E-state index contributed by atoms with van der Waals surface area (Å²) in [5.41, 5.74) is 0. The molecule has 2 bridgehead atoms. The highest BCUT2D eigenvalue weighted by Gasteiger charge is 2.38. The first-order chi connectivity index (χ1) is 7.22. The van der Waals surface area contributed by atoms with Crippen LogP contribution in [0.5, 0.6) is 0 Å². The van der Waals surface area contributed by atoms with Gasteiger partial charge in [-0.25, -0.2) is 0 Å². The summed E-state index contributed by atoms with van der Waals surface area (Å²) in [7, 11) is 2.20. The number of Topliss-reactive ketones (excluding diaryl/α,β-unsaturated/α-hetero) is 1. The van der Waals surface area contributed by atoms with Crippen molar-refractivity contribution in [2.24, 2.45) is 5.92 Å². The fraction of sp³-hybridized carbons (Fsp3) is 0.769. The maximum Gasteiger partial charge on any atom is 0.147 e. The molecule has 0 aromatic rings. The Hall–Kier alpha value is -0.810. The summed E-state index contributed by atoms with van der Waals surface area (Å²) < 4.78 is 0. The lowest BCUT2D eigenvalue weighted by Crippen LogP contribution is -2.50. The number of nitrogens with zero attached hydrogens (tertiary/aromatic N) is 1. The number of terminal acetylenes is 1. The molecule has 2 atom stereocenters. The van der Waals surface area contributed by atoms with Gasteiger partial charge >= 0.3 is 0 Å². The zero-order valence-electron chi connectivity index (χ0n) is 9.41. The fourth-order valence-electron chi connectivity index (χ4n) is 3.12. The van der Waals surface area contributed by atoms with E-state index in [1.54, 1.807) is 0 Å². The molecule has 2 heteroatoms. The molecule has 2 heterocycles. The Labute approximate surface area is 92.0 Å². The molecule has 0 spiro atoms. The molecule has 0 saturated carbocycles. The lowest BCUT2D eigenvalue weighted by Gasteiger charge is -2.46. The average molecular weight is 205 g/mol. The second-order valence-electron chi connectivity index (χ2n) is 4.92. The largest absolute Gasteiger partial charge is 0.300 e. The van der Waals surface area contributed by atoms with Crippen LogP contribution in [0.15, 0.2) is 0 Å². The van der Waals surface area contributed by atoms with Crippen LogP contribution in [0.1, 0.15) is 38.5 Å². The van der Waals surface area contributed by atoms with Crippen molar-refractivity contribution in [2.45, 2.75) is 50.6 Å². The van der Waals surface area contributed by atoms with Crippen LogP contribution in [0.4, 0.5) is 0 Å². The molecule has 0 aromatic carbocycles. The second kappa shape index (κ2) is 4.37. The SMILES string of the molecule is C#CCC(=O)C1CC2CCCC(C1)N2C. The molecule has 0 radical (unpaired) electrons. The number of carbonyl (C=O) groups excluding carboxylic acids is 1. The number of hydrogen-bond donors (Lipinski definition) is 0. The van der Waals surface area contributed by atoms with Gasteiger partial charge in [-0.05, 0) is 32.7 Å². The van der Waals surface area contributed by atoms with Gasteiger partial charge in [0.2, 0.25) is 0 Å². The Bertz CT molecular complexity index is 277. The summed E-state index contributed by atoms with van der Waals surface area (Å²) in [6.07, 6.45) is 11.4. The normalized spacial score (nSPS) is 35.9. The van der Waals surface area contributed by atoms with E-state index >= 15 is 0 Å². The van der Waals surface area contributed by atoms with Gasteiger partial charge in [-0.15, -0.1) is 6.42 Å². The van der Waals surface area contributed by atoms with Crippen molar-refractivity contribution in [1.29, 1.82) is 0 Å². The van der Waals surface area contributed by atoms with Gasteiger partial charge in [0.05, 0.1) is 6.42 Å². The van der Waals surface area contributed by atoms with Crippen molar-refractivity contribution < 1.29 is 4.79 Å². The minimum absolute atomic E-state index is 0.243. The lowest BCUT2D eigenvalue weighted by atomic mass is 9.76. The van der Waals surface area contributed by atoms with Crippen molar-refractivity contribution in [3.63, 3.8) is 0 Å². The summed E-state index contributed by atoms with van der Waals surface area (Å²) in [5, 5.41) is 0. The predicted molar refractivity (Wildman–Crippen MR) is 60.4 cm³/mol. The van der Waals surface area contributed by atoms with Crippen molar-refractivity contribution in [2.75, 3.05) is 7.05 Å². The van der Waals surface area contributed by atoms with Gasteiger partial charge in [0.15, 0.2) is 0 Å². The minimum atomic E-state index is 0.243. The quantitative estimate of drug-likeness (QED) is 0.641. The lowest BCUT2D eigenvalue weighted by molar-refractivity contribution is -0.125. The molecule has 2 rings (SSSR count). The van der Waals surface area contributed by atoms with Crippen LogP contribution in [-0.4, -0.2) is 29.8 Å². The molecule has 2 unspecified atom stereocenters. The predicted octanol–water partition coefficient (Wildman–Crippen LogP) is 1.84. The third kappa shape index (κ3) is 2.08. The molecule has 0 N–H and O–H groups in total. The van der Waals surface area contributed by atoms with Crippen LogP contribution < -0.4 is 0 Å². The van der Waals surface area contributed by atoms with E-state index in [-0.39, 0.29) is 5.92 Å². The van der Waals surface area contributed by atoms with Gasteiger partial charge in [0.1, 0.15) is 5.78 Å². The third-order valence-corrected chi connectivity index (χ3v) is 4.07. The first kappa shape index (κ1) is 10.7. The molecule has 2 aliphatic rings. The molecule has 2 fully saturated rings. The topological polar surface area (TPSA) is 20.3 Å². The summed E-state index contributed by atoms with van der Waals surface area (Å²) in [5.74, 6) is 3.02. The number of rotatable bonds is 2. The molecule has 2 saturated heterocycles. The summed E-state index contributed by atoms with van der Waals surface area (Å²) in [6.45, 7) is 0. The van der Waals surface area contributed by atoms with Crippen LogP contribution in [0.3, 0.4) is 0 Å². The minimum Gasteiger partial charge on any atom is -0.300 e. The van der Waals surface area contributed by atoms with Gasteiger partial charge < -0.3 is 4.90 Å². The summed E-state index contributed by atoms with van der Waals surface area (Å²) >= 11 is 0. The van der Waals surface area contributed by atoms with E-state index in [0.717, 1.165) is 12.8 Å². The smallest absolute Gasteiger partial charge is 0.147 e. The molecular formula is C13H19NO. The Morgan fingerprint density at radius 1 is 1.40 bits per heavy atom. The maximum atomic E-state index is 11.8. The molecule has 82 valence electrons. The van der Waals surface area contributed by atoms with Gasteiger partial charge in [0, 0.05) is 18.0 Å². The van der Waals surface area contributed by atoms with Gasteiger partial charge in [-0.2, -0.15) is 0 Å². The number of hydrogen-bond acceptors (Lipinski definition) is 2.